The second kappa shape index (κ2) is 5.37. The van der Waals surface area contributed by atoms with Gasteiger partial charge in [0.05, 0.1) is 31.1 Å². The summed E-state index contributed by atoms with van der Waals surface area (Å²) in [4.78, 5) is 9.28. The van der Waals surface area contributed by atoms with Crippen LogP contribution in [0.4, 0.5) is 11.4 Å². The van der Waals surface area contributed by atoms with E-state index < -0.39 is 0 Å². The Balaban J connectivity index is 1.71. The second-order valence-corrected chi connectivity index (χ2v) is 5.49. The number of ether oxygens (including phenoxy) is 1. The van der Waals surface area contributed by atoms with Gasteiger partial charge >= 0.3 is 0 Å². The molecule has 0 saturated carbocycles. The lowest BCUT2D eigenvalue weighted by Crippen LogP contribution is -2.34. The summed E-state index contributed by atoms with van der Waals surface area (Å²) in [5, 5.41) is 0. The first-order chi connectivity index (χ1) is 10.9. The van der Waals surface area contributed by atoms with Crippen LogP contribution in [0, 0.1) is 0 Å². The first-order valence-electron chi connectivity index (χ1n) is 7.77. The molecule has 4 nitrogen and oxygen atoms in total. The number of anilines is 2. The Bertz CT molecular complexity index is 712. The second-order valence-electron chi connectivity index (χ2n) is 5.49. The molecule has 0 N–H and O–H groups in total. The van der Waals surface area contributed by atoms with Gasteiger partial charge in [0.2, 0.25) is 5.96 Å². The summed E-state index contributed by atoms with van der Waals surface area (Å²) in [6, 6.07) is 16.9. The molecule has 0 saturated heterocycles. The third-order valence-electron chi connectivity index (χ3n) is 4.08. The van der Waals surface area contributed by atoms with Crippen molar-refractivity contribution in [3.05, 3.63) is 54.1 Å². The molecular formula is C18H19N3O. The van der Waals surface area contributed by atoms with E-state index in [1.807, 2.05) is 13.0 Å². The zero-order valence-corrected chi connectivity index (χ0v) is 12.7. The molecule has 112 valence electrons. The van der Waals surface area contributed by atoms with Gasteiger partial charge in [0, 0.05) is 12.6 Å². The summed E-state index contributed by atoms with van der Waals surface area (Å²) >= 11 is 0. The molecule has 0 aliphatic carbocycles. The number of nitrogens with zero attached hydrogens (tertiary/aromatic N) is 3. The third-order valence-corrected chi connectivity index (χ3v) is 4.08. The fraction of sp³-hybridized carbons (Fsp3) is 0.278. The molecule has 22 heavy (non-hydrogen) atoms. The van der Waals surface area contributed by atoms with Gasteiger partial charge in [-0.2, -0.15) is 0 Å². The standard InChI is InChI=1S/C18H19N3O/c1-2-22-15-8-9-16-17(12-15)20-11-10-19-18(20)21(16)13-14-6-4-3-5-7-14/h3-9,12H,2,10-11,13H2,1H3. The summed E-state index contributed by atoms with van der Waals surface area (Å²) in [6.07, 6.45) is 0. The Morgan fingerprint density at radius 1 is 1.09 bits per heavy atom. The SMILES string of the molecule is CCOc1ccc2c(c1)N1CCN=C1N2Cc1ccccc1. The van der Waals surface area contributed by atoms with Crippen LogP contribution in [0.15, 0.2) is 53.5 Å². The van der Waals surface area contributed by atoms with Crippen LogP contribution in [0.3, 0.4) is 0 Å². The topological polar surface area (TPSA) is 28.1 Å². The van der Waals surface area contributed by atoms with Gasteiger partial charge in [-0.05, 0) is 24.6 Å². The molecule has 0 radical (unpaired) electrons. The van der Waals surface area contributed by atoms with Gasteiger partial charge in [-0.25, -0.2) is 0 Å². The van der Waals surface area contributed by atoms with Crippen molar-refractivity contribution in [3.63, 3.8) is 0 Å². The third kappa shape index (κ3) is 2.11. The molecule has 2 aliphatic rings. The molecule has 2 heterocycles. The Labute approximate surface area is 130 Å². The van der Waals surface area contributed by atoms with Crippen LogP contribution in [-0.4, -0.2) is 25.7 Å². The number of guanidine groups is 1. The van der Waals surface area contributed by atoms with E-state index in [1.54, 1.807) is 0 Å². The molecule has 0 atom stereocenters. The summed E-state index contributed by atoms with van der Waals surface area (Å²) in [5.74, 6) is 1.99. The summed E-state index contributed by atoms with van der Waals surface area (Å²) in [6.45, 7) is 5.35. The summed E-state index contributed by atoms with van der Waals surface area (Å²) in [7, 11) is 0. The number of benzene rings is 2. The summed E-state index contributed by atoms with van der Waals surface area (Å²) < 4.78 is 5.65. The van der Waals surface area contributed by atoms with Crippen molar-refractivity contribution >= 4 is 17.3 Å². The van der Waals surface area contributed by atoms with Gasteiger partial charge in [-0.1, -0.05) is 30.3 Å². The van der Waals surface area contributed by atoms with Crippen molar-refractivity contribution in [1.82, 2.24) is 0 Å². The first-order valence-corrected chi connectivity index (χ1v) is 7.77. The predicted octanol–water partition coefficient (Wildman–Crippen LogP) is 3.28. The maximum atomic E-state index is 5.65. The van der Waals surface area contributed by atoms with Crippen molar-refractivity contribution in [3.8, 4) is 5.75 Å². The minimum absolute atomic E-state index is 0.688. The highest BCUT2D eigenvalue weighted by atomic mass is 16.5. The van der Waals surface area contributed by atoms with Gasteiger partial charge in [0.15, 0.2) is 0 Å². The highest BCUT2D eigenvalue weighted by molar-refractivity contribution is 6.17. The minimum Gasteiger partial charge on any atom is -0.494 e. The zero-order valence-electron chi connectivity index (χ0n) is 12.7. The highest BCUT2D eigenvalue weighted by Gasteiger charge is 2.35. The van der Waals surface area contributed by atoms with Gasteiger partial charge in [-0.3, -0.25) is 4.99 Å². The number of rotatable bonds is 4. The lowest BCUT2D eigenvalue weighted by molar-refractivity contribution is 0.340. The predicted molar refractivity (Wildman–Crippen MR) is 89.9 cm³/mol. The average molecular weight is 293 g/mol. The van der Waals surface area contributed by atoms with E-state index in [2.05, 4.69) is 52.3 Å². The van der Waals surface area contributed by atoms with Crippen molar-refractivity contribution in [1.29, 1.82) is 0 Å². The van der Waals surface area contributed by atoms with Crippen molar-refractivity contribution in [2.75, 3.05) is 29.5 Å². The maximum absolute atomic E-state index is 5.65. The van der Waals surface area contributed by atoms with E-state index in [-0.39, 0.29) is 0 Å². The van der Waals surface area contributed by atoms with E-state index in [4.69, 9.17) is 9.73 Å². The molecule has 0 spiro atoms. The Kier molecular flexibility index (Phi) is 3.22. The fourth-order valence-electron chi connectivity index (χ4n) is 3.13. The lowest BCUT2D eigenvalue weighted by Gasteiger charge is -2.19. The maximum Gasteiger partial charge on any atom is 0.206 e. The van der Waals surface area contributed by atoms with E-state index in [0.717, 1.165) is 31.3 Å². The number of hydrogen-bond acceptors (Lipinski definition) is 4. The molecule has 2 aromatic rings. The first kappa shape index (κ1) is 13.2. The zero-order chi connectivity index (χ0) is 14.9. The van der Waals surface area contributed by atoms with Gasteiger partial charge in [-0.15, -0.1) is 0 Å². The van der Waals surface area contributed by atoms with Crippen LogP contribution in [0.1, 0.15) is 12.5 Å². The summed E-state index contributed by atoms with van der Waals surface area (Å²) in [5.41, 5.74) is 3.71. The lowest BCUT2D eigenvalue weighted by atomic mass is 10.2. The van der Waals surface area contributed by atoms with Gasteiger partial charge in [0.25, 0.3) is 0 Å². The monoisotopic (exact) mass is 293 g/mol. The van der Waals surface area contributed by atoms with Crippen molar-refractivity contribution in [2.24, 2.45) is 4.99 Å². The number of aliphatic imine (C=N–C) groups is 1. The largest absolute Gasteiger partial charge is 0.494 e. The van der Waals surface area contributed by atoms with E-state index in [0.29, 0.717) is 6.61 Å². The number of fused-ring (bicyclic) bond motifs is 3. The molecule has 0 aromatic heterocycles. The normalized spacial score (nSPS) is 15.6. The molecular weight excluding hydrogens is 274 g/mol. The fourth-order valence-corrected chi connectivity index (χ4v) is 3.13. The van der Waals surface area contributed by atoms with Crippen molar-refractivity contribution < 1.29 is 4.74 Å². The quantitative estimate of drug-likeness (QED) is 0.866. The van der Waals surface area contributed by atoms with Crippen LogP contribution in [0.25, 0.3) is 0 Å². The van der Waals surface area contributed by atoms with E-state index in [1.165, 1.54) is 16.9 Å². The highest BCUT2D eigenvalue weighted by Crippen LogP contribution is 2.41. The van der Waals surface area contributed by atoms with Crippen molar-refractivity contribution in [2.45, 2.75) is 13.5 Å². The molecule has 0 bridgehead atoms. The Morgan fingerprint density at radius 2 is 1.95 bits per heavy atom. The number of hydrogen-bond donors (Lipinski definition) is 0. The average Bonchev–Trinajstić information content (AvgIpc) is 3.12. The van der Waals surface area contributed by atoms with Crippen LogP contribution < -0.4 is 14.5 Å². The Hall–Kier alpha value is -2.49. The molecule has 2 aliphatic heterocycles. The van der Waals surface area contributed by atoms with E-state index >= 15 is 0 Å². The van der Waals surface area contributed by atoms with Crippen LogP contribution >= 0.6 is 0 Å². The molecule has 4 rings (SSSR count). The van der Waals surface area contributed by atoms with Gasteiger partial charge < -0.3 is 14.5 Å². The molecule has 0 fully saturated rings. The van der Waals surface area contributed by atoms with Crippen LogP contribution in [0.2, 0.25) is 0 Å². The van der Waals surface area contributed by atoms with E-state index in [9.17, 15) is 0 Å². The molecule has 4 heteroatoms. The smallest absolute Gasteiger partial charge is 0.206 e. The molecule has 0 amide bonds. The minimum atomic E-state index is 0.688. The van der Waals surface area contributed by atoms with Crippen LogP contribution in [0.5, 0.6) is 5.75 Å². The van der Waals surface area contributed by atoms with Gasteiger partial charge in [0.1, 0.15) is 5.75 Å². The molecule has 0 unspecified atom stereocenters. The molecule has 2 aromatic carbocycles. The van der Waals surface area contributed by atoms with Crippen LogP contribution in [-0.2, 0) is 6.54 Å². The Morgan fingerprint density at radius 3 is 2.77 bits per heavy atom.